The quantitative estimate of drug-likeness (QED) is 0.465. The third-order valence-electron chi connectivity index (χ3n) is 3.58. The molecule has 1 aromatic heterocycles. The molecule has 0 saturated carbocycles. The van der Waals surface area contributed by atoms with Crippen molar-refractivity contribution in [3.05, 3.63) is 78.4 Å². The molecule has 14 heteroatoms. The molecule has 0 radical (unpaired) electrons. The molecule has 0 saturated heterocycles. The number of carbonyl (C=O) groups excluding carboxylic acids is 1. The lowest BCUT2D eigenvalue weighted by Crippen LogP contribution is -2.14. The van der Waals surface area contributed by atoms with Gasteiger partial charge in [-0.05, 0) is 6.07 Å². The smallest absolute Gasteiger partial charge is 0.289 e. The Bertz CT molecular complexity index is 1160. The Morgan fingerprint density at radius 1 is 0.897 bits per heavy atom. The van der Waals surface area contributed by atoms with Crippen molar-refractivity contribution in [2.24, 2.45) is 0 Å². The van der Waals surface area contributed by atoms with Crippen LogP contribution in [0.3, 0.4) is 0 Å². The van der Waals surface area contributed by atoms with E-state index in [2.05, 4.69) is 15.5 Å². The van der Waals surface area contributed by atoms with Crippen LogP contribution in [0.25, 0.3) is 10.6 Å². The van der Waals surface area contributed by atoms with Crippen molar-refractivity contribution in [2.75, 3.05) is 5.32 Å². The van der Waals surface area contributed by atoms with Crippen molar-refractivity contribution in [3.63, 3.8) is 0 Å². The Labute approximate surface area is 164 Å². The molecular weight excluding hydrogens is 408 g/mol. The molecule has 1 heterocycles. The van der Waals surface area contributed by atoms with E-state index in [9.17, 15) is 35.1 Å². The summed E-state index contributed by atoms with van der Waals surface area (Å²) >= 11 is 0.897. The van der Waals surface area contributed by atoms with Gasteiger partial charge in [0.15, 0.2) is 0 Å². The summed E-state index contributed by atoms with van der Waals surface area (Å²) in [6, 6.07) is 8.25. The number of amides is 1. The van der Waals surface area contributed by atoms with Crippen LogP contribution < -0.4 is 5.32 Å². The second-order valence-electron chi connectivity index (χ2n) is 5.39. The standard InChI is InChI=1S/C15H8N6O7S/c22-13(11-5-4-10(20(25)26)7-12(11)21(27)28)16-15-18-17-14(29-15)8-2-1-3-9(6-8)19(23)24/h1-7H,(H,16,18,22). The molecule has 0 aliphatic rings. The van der Waals surface area contributed by atoms with Gasteiger partial charge in [0, 0.05) is 23.8 Å². The van der Waals surface area contributed by atoms with E-state index in [0.29, 0.717) is 11.6 Å². The minimum absolute atomic E-state index is 0.0100. The molecule has 13 nitrogen and oxygen atoms in total. The first-order chi connectivity index (χ1) is 13.8. The molecule has 0 fully saturated rings. The normalized spacial score (nSPS) is 10.3. The lowest BCUT2D eigenvalue weighted by molar-refractivity contribution is -0.394. The minimum Gasteiger partial charge on any atom is -0.296 e. The van der Waals surface area contributed by atoms with Crippen LogP contribution in [-0.2, 0) is 0 Å². The second kappa shape index (κ2) is 7.73. The fourth-order valence-corrected chi connectivity index (χ4v) is 3.02. The summed E-state index contributed by atoms with van der Waals surface area (Å²) in [6.45, 7) is 0. The van der Waals surface area contributed by atoms with Crippen LogP contribution in [0.5, 0.6) is 0 Å². The lowest BCUT2D eigenvalue weighted by atomic mass is 10.1. The van der Waals surface area contributed by atoms with E-state index in [1.165, 1.54) is 18.2 Å². The predicted octanol–water partition coefficient (Wildman–Crippen LogP) is 3.18. The van der Waals surface area contributed by atoms with Crippen LogP contribution >= 0.6 is 11.3 Å². The maximum absolute atomic E-state index is 12.4. The summed E-state index contributed by atoms with van der Waals surface area (Å²) in [5, 5.41) is 43.0. The Morgan fingerprint density at radius 3 is 2.24 bits per heavy atom. The van der Waals surface area contributed by atoms with Gasteiger partial charge in [0.05, 0.1) is 20.8 Å². The highest BCUT2D eigenvalue weighted by molar-refractivity contribution is 7.18. The van der Waals surface area contributed by atoms with Gasteiger partial charge in [-0.1, -0.05) is 23.5 Å². The maximum Gasteiger partial charge on any atom is 0.289 e. The van der Waals surface area contributed by atoms with Gasteiger partial charge in [-0.3, -0.25) is 40.5 Å². The number of hydrogen-bond donors (Lipinski definition) is 1. The number of anilines is 1. The Morgan fingerprint density at radius 2 is 1.59 bits per heavy atom. The number of carbonyl (C=O) groups is 1. The van der Waals surface area contributed by atoms with Gasteiger partial charge in [0.1, 0.15) is 10.6 Å². The fourth-order valence-electron chi connectivity index (χ4n) is 2.28. The number of aromatic nitrogens is 2. The molecule has 29 heavy (non-hydrogen) atoms. The summed E-state index contributed by atoms with van der Waals surface area (Å²) in [7, 11) is 0. The summed E-state index contributed by atoms with van der Waals surface area (Å²) in [4.78, 5) is 42.9. The lowest BCUT2D eigenvalue weighted by Gasteiger charge is -2.02. The number of non-ortho nitro benzene ring substituents is 2. The maximum atomic E-state index is 12.4. The van der Waals surface area contributed by atoms with E-state index in [1.807, 2.05) is 0 Å². The van der Waals surface area contributed by atoms with Gasteiger partial charge in [0.2, 0.25) is 5.13 Å². The van der Waals surface area contributed by atoms with Crippen LogP contribution in [0.4, 0.5) is 22.2 Å². The van der Waals surface area contributed by atoms with Gasteiger partial charge in [-0.15, -0.1) is 10.2 Å². The van der Waals surface area contributed by atoms with Crippen LogP contribution in [0.15, 0.2) is 42.5 Å². The van der Waals surface area contributed by atoms with E-state index < -0.39 is 37.6 Å². The predicted molar refractivity (Wildman–Crippen MR) is 99.7 cm³/mol. The first-order valence-corrected chi connectivity index (χ1v) is 8.40. The van der Waals surface area contributed by atoms with Gasteiger partial charge in [-0.25, -0.2) is 0 Å². The summed E-state index contributed by atoms with van der Waals surface area (Å²) < 4.78 is 0. The monoisotopic (exact) mass is 416 g/mol. The van der Waals surface area contributed by atoms with Crippen LogP contribution in [-0.4, -0.2) is 30.9 Å². The highest BCUT2D eigenvalue weighted by Gasteiger charge is 2.25. The summed E-state index contributed by atoms with van der Waals surface area (Å²) in [5.74, 6) is -0.909. The summed E-state index contributed by atoms with van der Waals surface area (Å²) in [5.41, 5.74) is -1.41. The molecular formula is C15H8N6O7S. The molecule has 2 aromatic carbocycles. The van der Waals surface area contributed by atoms with E-state index in [0.717, 1.165) is 23.5 Å². The number of hydrogen-bond acceptors (Lipinski definition) is 10. The zero-order valence-electron chi connectivity index (χ0n) is 14.0. The van der Waals surface area contributed by atoms with Crippen LogP contribution in [0.1, 0.15) is 10.4 Å². The first kappa shape index (κ1) is 19.4. The minimum atomic E-state index is -0.909. The topological polar surface area (TPSA) is 184 Å². The third-order valence-corrected chi connectivity index (χ3v) is 4.47. The molecule has 3 aromatic rings. The molecule has 0 aliphatic heterocycles. The van der Waals surface area contributed by atoms with Crippen molar-refractivity contribution in [1.29, 1.82) is 0 Å². The van der Waals surface area contributed by atoms with E-state index in [1.54, 1.807) is 6.07 Å². The van der Waals surface area contributed by atoms with Crippen molar-refractivity contribution >= 4 is 39.4 Å². The van der Waals surface area contributed by atoms with E-state index >= 15 is 0 Å². The highest BCUT2D eigenvalue weighted by atomic mass is 32.1. The number of nitro groups is 3. The van der Waals surface area contributed by atoms with Gasteiger partial charge >= 0.3 is 0 Å². The van der Waals surface area contributed by atoms with Crippen molar-refractivity contribution in [2.45, 2.75) is 0 Å². The van der Waals surface area contributed by atoms with E-state index in [4.69, 9.17) is 0 Å². The van der Waals surface area contributed by atoms with Crippen molar-refractivity contribution in [1.82, 2.24) is 10.2 Å². The zero-order chi connectivity index (χ0) is 21.1. The Hall–Kier alpha value is -4.33. The first-order valence-electron chi connectivity index (χ1n) is 7.59. The molecule has 146 valence electrons. The van der Waals surface area contributed by atoms with Crippen LogP contribution in [0, 0.1) is 30.3 Å². The Kier molecular flexibility index (Phi) is 5.18. The van der Waals surface area contributed by atoms with Gasteiger partial charge in [0.25, 0.3) is 23.0 Å². The Balaban J connectivity index is 1.86. The SMILES string of the molecule is O=C(Nc1nnc(-c2cccc([N+](=O)[O-])c2)s1)c1ccc([N+](=O)[O-])cc1[N+](=O)[O-]. The average molecular weight is 416 g/mol. The molecule has 0 bridgehead atoms. The average Bonchev–Trinajstić information content (AvgIpc) is 3.15. The number of rotatable bonds is 6. The fraction of sp³-hybridized carbons (Fsp3) is 0. The number of nitro benzene ring substituents is 3. The third kappa shape index (κ3) is 4.16. The van der Waals surface area contributed by atoms with Crippen molar-refractivity contribution in [3.8, 4) is 10.6 Å². The molecule has 3 rings (SSSR count). The van der Waals surface area contributed by atoms with E-state index in [-0.39, 0.29) is 15.8 Å². The second-order valence-corrected chi connectivity index (χ2v) is 6.37. The largest absolute Gasteiger partial charge is 0.296 e. The number of nitrogens with zero attached hydrogens (tertiary/aromatic N) is 5. The molecule has 0 unspecified atom stereocenters. The highest BCUT2D eigenvalue weighted by Crippen LogP contribution is 2.30. The van der Waals surface area contributed by atoms with Crippen molar-refractivity contribution < 1.29 is 19.6 Å². The van der Waals surface area contributed by atoms with Crippen LogP contribution in [0.2, 0.25) is 0 Å². The molecule has 0 atom stereocenters. The number of benzene rings is 2. The molecule has 0 aliphatic carbocycles. The number of nitrogens with one attached hydrogen (secondary N) is 1. The van der Waals surface area contributed by atoms with Gasteiger partial charge < -0.3 is 0 Å². The molecule has 0 spiro atoms. The van der Waals surface area contributed by atoms with Gasteiger partial charge in [-0.2, -0.15) is 0 Å². The molecule has 1 amide bonds. The molecule has 1 N–H and O–H groups in total. The summed E-state index contributed by atoms with van der Waals surface area (Å²) in [6.07, 6.45) is 0. The zero-order valence-corrected chi connectivity index (χ0v) is 14.9.